The average molecular weight is 271 g/mol. The molecular formula is C12H21N3O2S. The number of hydrogen-bond acceptors (Lipinski definition) is 4. The highest BCUT2D eigenvalue weighted by Crippen LogP contribution is 2.23. The van der Waals surface area contributed by atoms with Crippen LogP contribution in [0.4, 0.5) is 0 Å². The van der Waals surface area contributed by atoms with E-state index in [4.69, 9.17) is 0 Å². The van der Waals surface area contributed by atoms with Gasteiger partial charge in [0.1, 0.15) is 6.04 Å². The lowest BCUT2D eigenvalue weighted by Gasteiger charge is -2.38. The van der Waals surface area contributed by atoms with Crippen LogP contribution in [0.5, 0.6) is 0 Å². The molecule has 18 heavy (non-hydrogen) atoms. The van der Waals surface area contributed by atoms with Gasteiger partial charge in [-0.05, 0) is 13.8 Å². The lowest BCUT2D eigenvalue weighted by molar-refractivity contribution is -0.143. The molecule has 102 valence electrons. The van der Waals surface area contributed by atoms with Crippen LogP contribution in [0, 0.1) is 0 Å². The number of piperazine rings is 1. The Morgan fingerprint density at radius 2 is 1.83 bits per heavy atom. The Morgan fingerprint density at radius 1 is 1.22 bits per heavy atom. The van der Waals surface area contributed by atoms with Gasteiger partial charge in [0, 0.05) is 37.8 Å². The van der Waals surface area contributed by atoms with E-state index in [9.17, 15) is 9.59 Å². The molecule has 0 aliphatic carbocycles. The van der Waals surface area contributed by atoms with E-state index in [1.165, 1.54) is 6.92 Å². The third kappa shape index (κ3) is 2.80. The van der Waals surface area contributed by atoms with Crippen LogP contribution in [-0.4, -0.2) is 64.5 Å². The second kappa shape index (κ2) is 5.48. The topological polar surface area (TPSA) is 52.7 Å². The predicted molar refractivity (Wildman–Crippen MR) is 72.3 cm³/mol. The molecule has 2 aliphatic heterocycles. The summed E-state index contributed by atoms with van der Waals surface area (Å²) in [7, 11) is 0. The van der Waals surface area contributed by atoms with Crippen molar-refractivity contribution in [2.75, 3.05) is 24.7 Å². The summed E-state index contributed by atoms with van der Waals surface area (Å²) in [6.45, 7) is 7.17. The van der Waals surface area contributed by atoms with Crippen LogP contribution in [0.3, 0.4) is 0 Å². The largest absolute Gasteiger partial charge is 0.338 e. The molecule has 0 spiro atoms. The average Bonchev–Trinajstić information content (AvgIpc) is 2.75. The molecule has 0 aromatic rings. The van der Waals surface area contributed by atoms with Gasteiger partial charge in [0.2, 0.25) is 11.8 Å². The van der Waals surface area contributed by atoms with Crippen LogP contribution < -0.4 is 5.32 Å². The molecule has 0 bridgehead atoms. The van der Waals surface area contributed by atoms with E-state index in [-0.39, 0.29) is 17.9 Å². The van der Waals surface area contributed by atoms with Gasteiger partial charge >= 0.3 is 0 Å². The Labute approximate surface area is 112 Å². The van der Waals surface area contributed by atoms with Crippen molar-refractivity contribution in [3.63, 3.8) is 0 Å². The van der Waals surface area contributed by atoms with Crippen LogP contribution in [0.2, 0.25) is 0 Å². The zero-order valence-corrected chi connectivity index (χ0v) is 12.0. The van der Waals surface area contributed by atoms with Crippen molar-refractivity contribution in [2.24, 2.45) is 0 Å². The van der Waals surface area contributed by atoms with Crippen LogP contribution in [0.1, 0.15) is 20.8 Å². The van der Waals surface area contributed by atoms with Crippen molar-refractivity contribution in [1.82, 2.24) is 15.1 Å². The maximum absolute atomic E-state index is 12.5. The summed E-state index contributed by atoms with van der Waals surface area (Å²) in [6.07, 6.45) is 0. The second-order valence-corrected chi connectivity index (χ2v) is 6.22. The van der Waals surface area contributed by atoms with Crippen molar-refractivity contribution < 1.29 is 9.59 Å². The minimum Gasteiger partial charge on any atom is -0.338 e. The van der Waals surface area contributed by atoms with Crippen LogP contribution in [0.15, 0.2) is 0 Å². The normalized spacial score (nSPS) is 32.7. The number of amides is 2. The number of carbonyl (C=O) groups excluding carboxylic acids is 2. The first-order valence-corrected chi connectivity index (χ1v) is 7.54. The lowest BCUT2D eigenvalue weighted by atomic mass is 10.1. The molecule has 0 unspecified atom stereocenters. The number of thioether (sulfide) groups is 1. The summed E-state index contributed by atoms with van der Waals surface area (Å²) in [5, 5.41) is 3.41. The summed E-state index contributed by atoms with van der Waals surface area (Å²) in [6, 6.07) is 0.375. The van der Waals surface area contributed by atoms with Crippen molar-refractivity contribution in [1.29, 1.82) is 0 Å². The van der Waals surface area contributed by atoms with Gasteiger partial charge in [-0.1, -0.05) is 0 Å². The van der Waals surface area contributed by atoms with Crippen molar-refractivity contribution >= 4 is 23.6 Å². The molecule has 0 aromatic heterocycles. The zero-order valence-electron chi connectivity index (χ0n) is 11.2. The van der Waals surface area contributed by atoms with Gasteiger partial charge in [-0.15, -0.1) is 11.8 Å². The Balaban J connectivity index is 2.04. The van der Waals surface area contributed by atoms with E-state index in [2.05, 4.69) is 19.2 Å². The van der Waals surface area contributed by atoms with E-state index in [0.717, 1.165) is 18.8 Å². The van der Waals surface area contributed by atoms with Gasteiger partial charge in [-0.2, -0.15) is 0 Å². The Morgan fingerprint density at radius 3 is 2.39 bits per heavy atom. The Hall–Kier alpha value is -0.750. The minimum atomic E-state index is -0.259. The Kier molecular flexibility index (Phi) is 4.17. The van der Waals surface area contributed by atoms with E-state index in [1.807, 2.05) is 4.90 Å². The molecule has 1 N–H and O–H groups in total. The second-order valence-electron chi connectivity index (χ2n) is 5.22. The Bertz CT molecular complexity index is 340. The summed E-state index contributed by atoms with van der Waals surface area (Å²) in [4.78, 5) is 27.6. The molecule has 2 rings (SSSR count). The molecule has 2 saturated heterocycles. The van der Waals surface area contributed by atoms with Gasteiger partial charge in [0.15, 0.2) is 0 Å². The van der Waals surface area contributed by atoms with Crippen LogP contribution in [0.25, 0.3) is 0 Å². The van der Waals surface area contributed by atoms with Crippen molar-refractivity contribution in [3.05, 3.63) is 0 Å². The van der Waals surface area contributed by atoms with Gasteiger partial charge in [0.05, 0.1) is 5.88 Å². The highest BCUT2D eigenvalue weighted by Gasteiger charge is 2.37. The maximum atomic E-state index is 12.5. The molecule has 2 fully saturated rings. The van der Waals surface area contributed by atoms with E-state index < -0.39 is 0 Å². The molecule has 0 radical (unpaired) electrons. The quantitative estimate of drug-likeness (QED) is 0.736. The van der Waals surface area contributed by atoms with Crippen molar-refractivity contribution in [3.8, 4) is 0 Å². The highest BCUT2D eigenvalue weighted by atomic mass is 32.2. The van der Waals surface area contributed by atoms with Crippen LogP contribution >= 0.6 is 11.8 Å². The third-order valence-electron chi connectivity index (χ3n) is 3.44. The SMILES string of the molecule is CC(=O)N1CSC[C@H]1C(=O)N1C[C@@H](C)N[C@@H](C)C1. The molecule has 2 aliphatic rings. The van der Waals surface area contributed by atoms with Gasteiger partial charge < -0.3 is 15.1 Å². The van der Waals surface area contributed by atoms with Gasteiger partial charge in [-0.3, -0.25) is 9.59 Å². The molecule has 2 amide bonds. The number of hydrogen-bond donors (Lipinski definition) is 1. The van der Waals surface area contributed by atoms with E-state index in [1.54, 1.807) is 16.7 Å². The molecule has 2 heterocycles. The summed E-state index contributed by atoms with van der Waals surface area (Å²) < 4.78 is 0. The number of nitrogens with one attached hydrogen (secondary N) is 1. The molecule has 6 heteroatoms. The first-order valence-electron chi connectivity index (χ1n) is 6.39. The summed E-state index contributed by atoms with van der Waals surface area (Å²) in [5.74, 6) is 1.47. The monoisotopic (exact) mass is 271 g/mol. The highest BCUT2D eigenvalue weighted by molar-refractivity contribution is 7.99. The fourth-order valence-corrected chi connectivity index (χ4v) is 3.88. The first kappa shape index (κ1) is 13.7. The van der Waals surface area contributed by atoms with Gasteiger partial charge in [-0.25, -0.2) is 0 Å². The fraction of sp³-hybridized carbons (Fsp3) is 0.833. The predicted octanol–water partition coefficient (Wildman–Crippen LogP) is 0.117. The molecule has 0 saturated carbocycles. The van der Waals surface area contributed by atoms with E-state index in [0.29, 0.717) is 18.0 Å². The smallest absolute Gasteiger partial charge is 0.246 e. The fourth-order valence-electron chi connectivity index (χ4n) is 2.68. The number of carbonyl (C=O) groups is 2. The summed E-state index contributed by atoms with van der Waals surface area (Å²) in [5.41, 5.74) is 0. The van der Waals surface area contributed by atoms with E-state index >= 15 is 0 Å². The molecule has 3 atom stereocenters. The maximum Gasteiger partial charge on any atom is 0.246 e. The van der Waals surface area contributed by atoms with Crippen molar-refractivity contribution in [2.45, 2.75) is 38.9 Å². The minimum absolute atomic E-state index is 0.00502. The van der Waals surface area contributed by atoms with Gasteiger partial charge in [0.25, 0.3) is 0 Å². The third-order valence-corrected chi connectivity index (χ3v) is 4.45. The lowest BCUT2D eigenvalue weighted by Crippen LogP contribution is -2.59. The molecule has 5 nitrogen and oxygen atoms in total. The molecular weight excluding hydrogens is 250 g/mol. The standard InChI is InChI=1S/C12H21N3O2S/c1-8-4-14(5-9(2)13-8)12(17)11-6-18-7-15(11)10(3)16/h8-9,11,13H,4-7H2,1-3H3/t8-,9+,11-/m0/s1. The first-order chi connectivity index (χ1) is 8.49. The zero-order chi connectivity index (χ0) is 13.3. The number of nitrogens with zero attached hydrogens (tertiary/aromatic N) is 2. The molecule has 0 aromatic carbocycles. The summed E-state index contributed by atoms with van der Waals surface area (Å²) >= 11 is 1.65. The van der Waals surface area contributed by atoms with Crippen LogP contribution in [-0.2, 0) is 9.59 Å². The number of rotatable bonds is 1.